The molecule has 0 spiro atoms. The predicted molar refractivity (Wildman–Crippen MR) is 97.7 cm³/mol. The summed E-state index contributed by atoms with van der Waals surface area (Å²) < 4.78 is 0. The first-order chi connectivity index (χ1) is 11.8. The van der Waals surface area contributed by atoms with Crippen molar-refractivity contribution < 1.29 is 0 Å². The quantitative estimate of drug-likeness (QED) is 0.514. The van der Waals surface area contributed by atoms with E-state index in [0.29, 0.717) is 6.04 Å². The molecule has 0 bridgehead atoms. The van der Waals surface area contributed by atoms with E-state index in [1.165, 1.54) is 7.06 Å². The third kappa shape index (κ3) is 4.23. The number of pyridine rings is 1. The van der Waals surface area contributed by atoms with Crippen LogP contribution in [0.3, 0.4) is 0 Å². The summed E-state index contributed by atoms with van der Waals surface area (Å²) in [7, 11) is 1.48. The van der Waals surface area contributed by atoms with Crippen molar-refractivity contribution in [1.29, 1.82) is 0 Å². The monoisotopic (exact) mass is 340 g/mol. The van der Waals surface area contributed by atoms with Gasteiger partial charge in [-0.05, 0) is 0 Å². The van der Waals surface area contributed by atoms with Crippen LogP contribution in [0.4, 0.5) is 5.82 Å². The zero-order chi connectivity index (χ0) is 16.8. The summed E-state index contributed by atoms with van der Waals surface area (Å²) in [5.74, 6) is 0.761. The number of nitrogens with zero attached hydrogens (tertiary/aromatic N) is 5. The van der Waals surface area contributed by atoms with Gasteiger partial charge < -0.3 is 0 Å². The van der Waals surface area contributed by atoms with Crippen LogP contribution in [0.25, 0.3) is 11.1 Å². The molecule has 1 N–H and O–H groups in total. The van der Waals surface area contributed by atoms with Gasteiger partial charge in [0.05, 0.1) is 0 Å². The molecule has 1 aliphatic rings. The Bertz CT molecular complexity index is 716. The van der Waals surface area contributed by atoms with E-state index in [1.54, 1.807) is 18.6 Å². The standard InChI is InChI=1S/C16H18BClN6/c1-17-24-23-13-4-2-12(3-5-13)21-15-14(10-20-16(18)22-15)11-6-8-19-9-7-11/h6-10,12-13H,1-5H2,(H,20,21,22). The second-order valence-corrected chi connectivity index (χ2v) is 6.04. The summed E-state index contributed by atoms with van der Waals surface area (Å²) >= 11 is 5.99. The molecular weight excluding hydrogens is 322 g/mol. The van der Waals surface area contributed by atoms with Crippen LogP contribution in [0.2, 0.25) is 5.28 Å². The van der Waals surface area contributed by atoms with Gasteiger partial charge in [-0.3, -0.25) is 4.98 Å². The Hall–Kier alpha value is -2.15. The molecule has 0 amide bonds. The van der Waals surface area contributed by atoms with Gasteiger partial charge in [-0.2, -0.15) is 0 Å². The summed E-state index contributed by atoms with van der Waals surface area (Å²) in [6, 6.07) is 4.50. The first-order valence-electron chi connectivity index (χ1n) is 7.96. The molecule has 1 saturated carbocycles. The molecule has 8 heteroatoms. The number of hydrogen-bond acceptors (Lipinski definition) is 6. The van der Waals surface area contributed by atoms with E-state index in [2.05, 4.69) is 36.9 Å². The third-order valence-electron chi connectivity index (χ3n) is 4.10. The maximum absolute atomic E-state index is 5.99. The van der Waals surface area contributed by atoms with Crippen molar-refractivity contribution in [2.45, 2.75) is 37.8 Å². The zero-order valence-electron chi connectivity index (χ0n) is 13.3. The van der Waals surface area contributed by atoms with E-state index in [9.17, 15) is 0 Å². The number of nitrogens with one attached hydrogen (secondary N) is 1. The van der Waals surface area contributed by atoms with Crippen LogP contribution in [-0.2, 0) is 0 Å². The fourth-order valence-electron chi connectivity index (χ4n) is 2.88. The van der Waals surface area contributed by atoms with E-state index in [1.807, 2.05) is 12.1 Å². The minimum atomic E-state index is 0.240. The van der Waals surface area contributed by atoms with Crippen molar-refractivity contribution in [3.8, 4) is 11.1 Å². The number of rotatable bonds is 5. The average molecular weight is 341 g/mol. The maximum atomic E-state index is 5.99. The molecule has 6 nitrogen and oxygen atoms in total. The first kappa shape index (κ1) is 16.7. The fourth-order valence-corrected chi connectivity index (χ4v) is 3.02. The molecular formula is C16H18BClN6. The minimum absolute atomic E-state index is 0.240. The van der Waals surface area contributed by atoms with Gasteiger partial charge >= 0.3 is 141 Å². The normalized spacial score (nSPS) is 20.7. The topological polar surface area (TPSA) is 75.4 Å². The molecule has 0 saturated heterocycles. The summed E-state index contributed by atoms with van der Waals surface area (Å²) in [5, 5.41) is 11.9. The zero-order valence-corrected chi connectivity index (χ0v) is 14.0. The molecule has 122 valence electrons. The molecule has 2 heterocycles. The number of aromatic nitrogens is 3. The van der Waals surface area contributed by atoms with Crippen molar-refractivity contribution in [2.75, 3.05) is 5.32 Å². The number of hydrogen-bond donors (Lipinski definition) is 1. The van der Waals surface area contributed by atoms with E-state index in [0.717, 1.165) is 42.6 Å². The Morgan fingerprint density at radius 3 is 2.67 bits per heavy atom. The Labute approximate surface area is 146 Å². The molecule has 3 rings (SSSR count). The van der Waals surface area contributed by atoms with Gasteiger partial charge in [0.1, 0.15) is 0 Å². The van der Waals surface area contributed by atoms with Gasteiger partial charge in [0.2, 0.25) is 0 Å². The van der Waals surface area contributed by atoms with Gasteiger partial charge in [0.15, 0.2) is 0 Å². The van der Waals surface area contributed by atoms with Crippen molar-refractivity contribution in [2.24, 2.45) is 10.1 Å². The summed E-state index contributed by atoms with van der Waals surface area (Å²) in [6.07, 6.45) is 9.28. The van der Waals surface area contributed by atoms with Crippen LogP contribution in [-0.4, -0.2) is 40.6 Å². The van der Waals surface area contributed by atoms with Crippen molar-refractivity contribution in [3.63, 3.8) is 0 Å². The Balaban J connectivity index is 1.73. The predicted octanol–water partition coefficient (Wildman–Crippen LogP) is 3.42. The SMILES string of the molecule is C=BN=NC1CCC(Nc2nc(Cl)ncc2-c2ccncc2)CC1. The van der Waals surface area contributed by atoms with E-state index >= 15 is 0 Å². The van der Waals surface area contributed by atoms with Gasteiger partial charge in [-0.1, -0.05) is 0 Å². The second kappa shape index (κ2) is 8.10. The van der Waals surface area contributed by atoms with Crippen molar-refractivity contribution >= 4 is 30.9 Å². The van der Waals surface area contributed by atoms with E-state index < -0.39 is 0 Å². The molecule has 1 aliphatic carbocycles. The van der Waals surface area contributed by atoms with Gasteiger partial charge in [0.25, 0.3) is 0 Å². The Kier molecular flexibility index (Phi) is 5.64. The molecule has 0 radical (unpaired) electrons. The van der Waals surface area contributed by atoms with Crippen molar-refractivity contribution in [3.05, 3.63) is 36.0 Å². The van der Waals surface area contributed by atoms with Crippen LogP contribution in [0, 0.1) is 0 Å². The third-order valence-corrected chi connectivity index (χ3v) is 4.28. The second-order valence-electron chi connectivity index (χ2n) is 5.70. The fraction of sp³-hybridized carbons (Fsp3) is 0.375. The van der Waals surface area contributed by atoms with Gasteiger partial charge in [-0.25, -0.2) is 0 Å². The first-order valence-corrected chi connectivity index (χ1v) is 8.34. The molecule has 2 aromatic rings. The molecule has 24 heavy (non-hydrogen) atoms. The van der Waals surface area contributed by atoms with Crippen LogP contribution in [0.5, 0.6) is 0 Å². The van der Waals surface area contributed by atoms with Crippen molar-refractivity contribution in [1.82, 2.24) is 15.0 Å². The van der Waals surface area contributed by atoms with Crippen LogP contribution >= 0.6 is 11.6 Å². The number of anilines is 1. The summed E-state index contributed by atoms with van der Waals surface area (Å²) in [5.41, 5.74) is 1.94. The summed E-state index contributed by atoms with van der Waals surface area (Å²) in [6.45, 7) is 3.56. The molecule has 0 atom stereocenters. The van der Waals surface area contributed by atoms with Gasteiger partial charge in [0, 0.05) is 0 Å². The van der Waals surface area contributed by atoms with Crippen LogP contribution < -0.4 is 5.32 Å². The molecule has 0 unspecified atom stereocenters. The average Bonchev–Trinajstić information content (AvgIpc) is 2.62. The van der Waals surface area contributed by atoms with E-state index in [-0.39, 0.29) is 11.3 Å². The van der Waals surface area contributed by atoms with Crippen LogP contribution in [0.1, 0.15) is 25.7 Å². The molecule has 0 aromatic carbocycles. The van der Waals surface area contributed by atoms with Gasteiger partial charge in [-0.15, -0.1) is 0 Å². The Morgan fingerprint density at radius 1 is 1.21 bits per heavy atom. The number of halogens is 1. The Morgan fingerprint density at radius 2 is 1.96 bits per heavy atom. The van der Waals surface area contributed by atoms with Crippen LogP contribution in [0.15, 0.2) is 40.9 Å². The summed E-state index contributed by atoms with van der Waals surface area (Å²) in [4.78, 5) is 12.5. The molecule has 1 fully saturated rings. The molecule has 2 aromatic heterocycles. The molecule has 0 aliphatic heterocycles. The van der Waals surface area contributed by atoms with E-state index in [4.69, 9.17) is 11.6 Å².